The van der Waals surface area contributed by atoms with Gasteiger partial charge < -0.3 is 16.0 Å². The molecule has 2 amide bonds. The van der Waals surface area contributed by atoms with Gasteiger partial charge in [-0.05, 0) is 24.1 Å². The number of hydrogen-bond donors (Lipinski definition) is 2. The smallest absolute Gasteiger partial charge is 0.239 e. The molecular weight excluding hydrogens is 230 g/mol. The molecule has 1 aromatic carbocycles. The molecule has 1 heterocycles. The summed E-state index contributed by atoms with van der Waals surface area (Å²) in [7, 11) is 1.72. The Balaban J connectivity index is 2.10. The molecule has 1 aromatic rings. The molecule has 0 radical (unpaired) electrons. The molecule has 3 N–H and O–H groups in total. The monoisotopic (exact) mass is 247 g/mol. The molecule has 96 valence electrons. The van der Waals surface area contributed by atoms with Gasteiger partial charge in [-0.15, -0.1) is 0 Å². The average Bonchev–Trinajstić information content (AvgIpc) is 2.67. The van der Waals surface area contributed by atoms with Crippen LogP contribution >= 0.6 is 0 Å². The summed E-state index contributed by atoms with van der Waals surface area (Å²) in [6.45, 7) is 2.17. The first-order chi connectivity index (χ1) is 8.47. The number of benzene rings is 1. The maximum Gasteiger partial charge on any atom is 0.239 e. The van der Waals surface area contributed by atoms with Gasteiger partial charge in [-0.1, -0.05) is 12.1 Å². The van der Waals surface area contributed by atoms with E-state index in [4.69, 9.17) is 5.73 Å². The molecule has 1 unspecified atom stereocenters. The highest BCUT2D eigenvalue weighted by Crippen LogP contribution is 2.24. The molecule has 1 atom stereocenters. The van der Waals surface area contributed by atoms with Gasteiger partial charge in [0.05, 0.1) is 12.5 Å². The first-order valence-corrected chi connectivity index (χ1v) is 5.89. The summed E-state index contributed by atoms with van der Waals surface area (Å²) in [5, 5.41) is 2.78. The number of amides is 2. The molecule has 1 aliphatic heterocycles. The van der Waals surface area contributed by atoms with Crippen LogP contribution in [0.15, 0.2) is 18.2 Å². The summed E-state index contributed by atoms with van der Waals surface area (Å²) in [6, 6.07) is 5.25. The quantitative estimate of drug-likeness (QED) is 0.816. The first-order valence-electron chi connectivity index (χ1n) is 5.89. The van der Waals surface area contributed by atoms with Crippen molar-refractivity contribution < 1.29 is 9.59 Å². The van der Waals surface area contributed by atoms with Gasteiger partial charge in [0.25, 0.3) is 0 Å². The lowest BCUT2D eigenvalue weighted by Gasteiger charge is -2.19. The van der Waals surface area contributed by atoms with Crippen LogP contribution < -0.4 is 11.1 Å². The molecule has 18 heavy (non-hydrogen) atoms. The van der Waals surface area contributed by atoms with E-state index >= 15 is 0 Å². The topological polar surface area (TPSA) is 75.4 Å². The summed E-state index contributed by atoms with van der Waals surface area (Å²) in [6.07, 6.45) is 0.411. The second-order valence-corrected chi connectivity index (χ2v) is 4.70. The van der Waals surface area contributed by atoms with Crippen molar-refractivity contribution in [2.24, 2.45) is 5.73 Å². The van der Waals surface area contributed by atoms with Gasteiger partial charge in [0.2, 0.25) is 11.8 Å². The molecular formula is C13H17N3O2. The van der Waals surface area contributed by atoms with Crippen LogP contribution in [0.4, 0.5) is 5.69 Å². The summed E-state index contributed by atoms with van der Waals surface area (Å²) < 4.78 is 0. The molecule has 2 rings (SSSR count). The van der Waals surface area contributed by atoms with E-state index in [1.54, 1.807) is 18.9 Å². The lowest BCUT2D eigenvalue weighted by atomic mass is 10.1. The van der Waals surface area contributed by atoms with Crippen LogP contribution in [0.1, 0.15) is 18.1 Å². The Labute approximate surface area is 106 Å². The molecule has 5 nitrogen and oxygen atoms in total. The second-order valence-electron chi connectivity index (χ2n) is 4.70. The Bertz CT molecular complexity index is 497. The number of nitrogens with one attached hydrogen (secondary N) is 1. The van der Waals surface area contributed by atoms with Crippen LogP contribution in [0.25, 0.3) is 0 Å². The van der Waals surface area contributed by atoms with Gasteiger partial charge in [0.1, 0.15) is 0 Å². The fourth-order valence-corrected chi connectivity index (χ4v) is 2.08. The highest BCUT2D eigenvalue weighted by Gasteiger charge is 2.19. The minimum absolute atomic E-state index is 0.0159. The molecule has 0 spiro atoms. The van der Waals surface area contributed by atoms with E-state index in [2.05, 4.69) is 5.32 Å². The van der Waals surface area contributed by atoms with Crippen molar-refractivity contribution in [3.05, 3.63) is 29.3 Å². The van der Waals surface area contributed by atoms with Gasteiger partial charge in [0.15, 0.2) is 0 Å². The lowest BCUT2D eigenvalue weighted by molar-refractivity contribution is -0.131. The Hall–Kier alpha value is -1.88. The summed E-state index contributed by atoms with van der Waals surface area (Å²) in [5.74, 6) is -0.0770. The molecule has 5 heteroatoms. The second kappa shape index (κ2) is 4.78. The fourth-order valence-electron chi connectivity index (χ4n) is 2.08. The summed E-state index contributed by atoms with van der Waals surface area (Å²) in [4.78, 5) is 24.5. The first kappa shape index (κ1) is 12.6. The number of nitrogens with two attached hydrogens (primary N) is 1. The van der Waals surface area contributed by atoms with Crippen molar-refractivity contribution in [1.29, 1.82) is 0 Å². The zero-order chi connectivity index (χ0) is 13.3. The molecule has 0 saturated heterocycles. The lowest BCUT2D eigenvalue weighted by Crippen LogP contribution is -2.39. The van der Waals surface area contributed by atoms with E-state index in [-0.39, 0.29) is 11.8 Å². The minimum Gasteiger partial charge on any atom is -0.340 e. The molecule has 0 saturated carbocycles. The fraction of sp³-hybridized carbons (Fsp3) is 0.385. The largest absolute Gasteiger partial charge is 0.340 e. The molecule has 1 aliphatic rings. The van der Waals surface area contributed by atoms with Crippen molar-refractivity contribution in [3.8, 4) is 0 Å². The Morgan fingerprint density at radius 3 is 2.94 bits per heavy atom. The van der Waals surface area contributed by atoms with E-state index < -0.39 is 6.04 Å². The summed E-state index contributed by atoms with van der Waals surface area (Å²) >= 11 is 0. The summed E-state index contributed by atoms with van der Waals surface area (Å²) in [5.41, 5.74) is 8.41. The SMILES string of the molecule is CC(N)C(=O)N(C)Cc1ccc2c(c1)CC(=O)N2. The molecule has 0 aromatic heterocycles. The number of carbonyl (C=O) groups is 2. The zero-order valence-corrected chi connectivity index (χ0v) is 10.6. The Morgan fingerprint density at radius 1 is 1.56 bits per heavy atom. The van der Waals surface area contributed by atoms with E-state index in [1.807, 2.05) is 18.2 Å². The maximum absolute atomic E-state index is 11.7. The van der Waals surface area contributed by atoms with E-state index in [0.717, 1.165) is 16.8 Å². The van der Waals surface area contributed by atoms with Crippen LogP contribution in [0.5, 0.6) is 0 Å². The van der Waals surface area contributed by atoms with E-state index in [1.165, 1.54) is 0 Å². The number of rotatable bonds is 3. The van der Waals surface area contributed by atoms with Crippen molar-refractivity contribution in [3.63, 3.8) is 0 Å². The van der Waals surface area contributed by atoms with Gasteiger partial charge in [-0.3, -0.25) is 9.59 Å². The van der Waals surface area contributed by atoms with Crippen LogP contribution in [0.2, 0.25) is 0 Å². The third kappa shape index (κ3) is 2.51. The van der Waals surface area contributed by atoms with Crippen molar-refractivity contribution >= 4 is 17.5 Å². The normalized spacial score (nSPS) is 14.9. The van der Waals surface area contributed by atoms with Crippen molar-refractivity contribution in [1.82, 2.24) is 4.90 Å². The van der Waals surface area contributed by atoms with Gasteiger partial charge >= 0.3 is 0 Å². The van der Waals surface area contributed by atoms with E-state index in [9.17, 15) is 9.59 Å². The number of likely N-dealkylation sites (N-methyl/N-ethyl adjacent to an activating group) is 1. The zero-order valence-electron chi connectivity index (χ0n) is 10.6. The van der Waals surface area contributed by atoms with Crippen LogP contribution in [-0.4, -0.2) is 29.8 Å². The van der Waals surface area contributed by atoms with Gasteiger partial charge in [0, 0.05) is 19.3 Å². The third-order valence-electron chi connectivity index (χ3n) is 2.98. The number of anilines is 1. The van der Waals surface area contributed by atoms with Crippen molar-refractivity contribution in [2.75, 3.05) is 12.4 Å². The Kier molecular flexibility index (Phi) is 3.34. The Morgan fingerprint density at radius 2 is 2.28 bits per heavy atom. The van der Waals surface area contributed by atoms with Gasteiger partial charge in [-0.25, -0.2) is 0 Å². The third-order valence-corrected chi connectivity index (χ3v) is 2.98. The number of fused-ring (bicyclic) bond motifs is 1. The highest BCUT2D eigenvalue weighted by molar-refractivity contribution is 5.99. The van der Waals surface area contributed by atoms with E-state index in [0.29, 0.717) is 13.0 Å². The minimum atomic E-state index is -0.493. The van der Waals surface area contributed by atoms with Crippen LogP contribution in [-0.2, 0) is 22.6 Å². The number of nitrogens with zero attached hydrogens (tertiary/aromatic N) is 1. The number of carbonyl (C=O) groups excluding carboxylic acids is 2. The number of hydrogen-bond acceptors (Lipinski definition) is 3. The molecule has 0 aliphatic carbocycles. The maximum atomic E-state index is 11.7. The van der Waals surface area contributed by atoms with Crippen LogP contribution in [0, 0.1) is 0 Å². The molecule has 0 bridgehead atoms. The molecule has 0 fully saturated rings. The average molecular weight is 247 g/mol. The predicted molar refractivity (Wildman–Crippen MR) is 68.9 cm³/mol. The standard InChI is InChI=1S/C13H17N3O2/c1-8(14)13(18)16(2)7-9-3-4-11-10(5-9)6-12(17)15-11/h3-5,8H,6-7,14H2,1-2H3,(H,15,17). The predicted octanol–water partition coefficient (Wildman–Crippen LogP) is 0.487. The highest BCUT2D eigenvalue weighted by atomic mass is 16.2. The van der Waals surface area contributed by atoms with Crippen molar-refractivity contribution in [2.45, 2.75) is 25.9 Å². The van der Waals surface area contributed by atoms with Crippen LogP contribution in [0.3, 0.4) is 0 Å². The van der Waals surface area contributed by atoms with Gasteiger partial charge in [-0.2, -0.15) is 0 Å².